The first-order valence-corrected chi connectivity index (χ1v) is 6.59. The number of nitrogens with two attached hydrogens (primary N) is 1. The molecular weight excluding hydrogens is 276 g/mol. The molecular formula is C10H14N2O6S. The Kier molecular flexibility index (Phi) is 5.16. The molecule has 1 unspecified atom stereocenters. The minimum atomic E-state index is -1.23. The maximum atomic E-state index is 11.7. The largest absolute Gasteiger partial charge is 0.481 e. The molecule has 0 aromatic rings. The number of carboxylic acid groups (broad SMARTS) is 2. The van der Waals surface area contributed by atoms with Gasteiger partial charge in [0.2, 0.25) is 11.8 Å². The van der Waals surface area contributed by atoms with E-state index in [0.717, 1.165) is 16.7 Å². The lowest BCUT2D eigenvalue weighted by Gasteiger charge is -2.23. The number of carbonyl (C=O) groups excluding carboxylic acids is 2. The maximum Gasteiger partial charge on any atom is 0.327 e. The lowest BCUT2D eigenvalue weighted by molar-refractivity contribution is -0.147. The number of aliphatic carboxylic acids is 2. The molecule has 9 heteroatoms. The van der Waals surface area contributed by atoms with E-state index in [4.69, 9.17) is 15.9 Å². The van der Waals surface area contributed by atoms with Crippen LogP contribution in [0, 0.1) is 5.92 Å². The maximum absolute atomic E-state index is 11.7. The lowest BCUT2D eigenvalue weighted by atomic mass is 10.1. The van der Waals surface area contributed by atoms with Crippen LogP contribution in [-0.4, -0.2) is 63.0 Å². The number of hydrogen-bond donors (Lipinski definition) is 3. The number of amides is 2. The topological polar surface area (TPSA) is 138 Å². The van der Waals surface area contributed by atoms with Gasteiger partial charge < -0.3 is 20.8 Å². The van der Waals surface area contributed by atoms with Crippen LogP contribution in [0.2, 0.25) is 0 Å². The monoisotopic (exact) mass is 290 g/mol. The molecule has 0 spiro atoms. The second kappa shape index (κ2) is 6.41. The summed E-state index contributed by atoms with van der Waals surface area (Å²) < 4.78 is 0. The van der Waals surface area contributed by atoms with Crippen LogP contribution >= 0.6 is 11.8 Å². The van der Waals surface area contributed by atoms with Gasteiger partial charge in [0.15, 0.2) is 0 Å². The Labute approximate surface area is 112 Å². The van der Waals surface area contributed by atoms with Gasteiger partial charge in [-0.3, -0.25) is 14.4 Å². The molecule has 19 heavy (non-hydrogen) atoms. The zero-order valence-electron chi connectivity index (χ0n) is 9.94. The quantitative estimate of drug-likeness (QED) is 0.523. The van der Waals surface area contributed by atoms with E-state index in [1.165, 1.54) is 0 Å². The summed E-state index contributed by atoms with van der Waals surface area (Å²) in [6.07, 6.45) is -0.0945. The summed E-state index contributed by atoms with van der Waals surface area (Å²) in [6.45, 7) is -0.0290. The molecule has 0 aromatic carbocycles. The van der Waals surface area contributed by atoms with E-state index >= 15 is 0 Å². The minimum absolute atomic E-state index is 0.0290. The Bertz CT molecular complexity index is 413. The molecule has 4 N–H and O–H groups in total. The molecule has 1 aliphatic rings. The molecule has 0 bridgehead atoms. The standard InChI is InChI=1S/C10H14N2O6S/c11-9(16)5-1-7(13)12(2-5)6(10(17)18)3-19-4-8(14)15/h5-6H,1-4H2,(H2,11,16)(H,14,15)(H,17,18)/t5?,6-/m0/s1. The summed E-state index contributed by atoms with van der Waals surface area (Å²) in [5, 5.41) is 17.6. The molecule has 106 valence electrons. The SMILES string of the molecule is NC(=O)C1CC(=O)N([C@@H](CSCC(=O)O)C(=O)O)C1. The summed E-state index contributed by atoms with van der Waals surface area (Å²) in [5.74, 6) is -4.35. The summed E-state index contributed by atoms with van der Waals surface area (Å²) in [7, 11) is 0. The average Bonchev–Trinajstić information content (AvgIpc) is 2.66. The summed E-state index contributed by atoms with van der Waals surface area (Å²) in [4.78, 5) is 45.2. The van der Waals surface area contributed by atoms with Crippen molar-refractivity contribution in [2.45, 2.75) is 12.5 Å². The zero-order valence-corrected chi connectivity index (χ0v) is 10.8. The molecule has 1 saturated heterocycles. The molecule has 1 fully saturated rings. The Morgan fingerprint density at radius 1 is 1.42 bits per heavy atom. The van der Waals surface area contributed by atoms with Crippen molar-refractivity contribution in [1.29, 1.82) is 0 Å². The van der Waals surface area contributed by atoms with E-state index in [9.17, 15) is 19.2 Å². The highest BCUT2D eigenvalue weighted by molar-refractivity contribution is 8.00. The van der Waals surface area contributed by atoms with Gasteiger partial charge in [-0.2, -0.15) is 0 Å². The van der Waals surface area contributed by atoms with E-state index in [1.54, 1.807) is 0 Å². The number of carbonyl (C=O) groups is 4. The molecule has 8 nitrogen and oxygen atoms in total. The van der Waals surface area contributed by atoms with Crippen LogP contribution in [0.5, 0.6) is 0 Å². The molecule has 1 rings (SSSR count). The lowest BCUT2D eigenvalue weighted by Crippen LogP contribution is -2.44. The van der Waals surface area contributed by atoms with E-state index in [-0.39, 0.29) is 24.5 Å². The molecule has 0 aliphatic carbocycles. The second-order valence-corrected chi connectivity index (χ2v) is 5.14. The van der Waals surface area contributed by atoms with E-state index in [0.29, 0.717) is 0 Å². The van der Waals surface area contributed by atoms with Crippen LogP contribution in [-0.2, 0) is 19.2 Å². The second-order valence-electron chi connectivity index (χ2n) is 4.11. The number of primary amides is 1. The highest BCUT2D eigenvalue weighted by Crippen LogP contribution is 2.22. The van der Waals surface area contributed by atoms with E-state index < -0.39 is 35.7 Å². The predicted octanol–water partition coefficient (Wildman–Crippen LogP) is -1.41. The van der Waals surface area contributed by atoms with Crippen LogP contribution in [0.4, 0.5) is 0 Å². The molecule has 0 aromatic heterocycles. The van der Waals surface area contributed by atoms with Crippen LogP contribution < -0.4 is 5.73 Å². The van der Waals surface area contributed by atoms with E-state index in [1.807, 2.05) is 0 Å². The van der Waals surface area contributed by atoms with Crippen LogP contribution in [0.3, 0.4) is 0 Å². The van der Waals surface area contributed by atoms with E-state index in [2.05, 4.69) is 0 Å². The van der Waals surface area contributed by atoms with Crippen LogP contribution in [0.1, 0.15) is 6.42 Å². The first-order valence-electron chi connectivity index (χ1n) is 5.44. The average molecular weight is 290 g/mol. The van der Waals surface area contributed by atoms with Gasteiger partial charge in [0.05, 0.1) is 11.7 Å². The van der Waals surface area contributed by atoms with Crippen molar-refractivity contribution >= 4 is 35.5 Å². The number of nitrogens with zero attached hydrogens (tertiary/aromatic N) is 1. The fourth-order valence-corrected chi connectivity index (χ4v) is 2.61. The van der Waals surface area contributed by atoms with Crippen molar-refractivity contribution in [3.05, 3.63) is 0 Å². The first-order chi connectivity index (χ1) is 8.82. The Morgan fingerprint density at radius 2 is 2.05 bits per heavy atom. The molecule has 1 aliphatic heterocycles. The smallest absolute Gasteiger partial charge is 0.327 e. The fourth-order valence-electron chi connectivity index (χ4n) is 1.78. The van der Waals surface area contributed by atoms with Crippen molar-refractivity contribution < 1.29 is 29.4 Å². The fraction of sp³-hybridized carbons (Fsp3) is 0.600. The number of likely N-dealkylation sites (tertiary alicyclic amines) is 1. The first kappa shape index (κ1) is 15.3. The van der Waals surface area contributed by atoms with Gasteiger partial charge in [0, 0.05) is 18.7 Å². The Balaban J connectivity index is 2.66. The van der Waals surface area contributed by atoms with Gasteiger partial charge in [-0.05, 0) is 0 Å². The third kappa shape index (κ3) is 4.12. The van der Waals surface area contributed by atoms with Gasteiger partial charge in [-0.15, -0.1) is 11.8 Å². The molecule has 2 amide bonds. The molecule has 0 saturated carbocycles. The highest BCUT2D eigenvalue weighted by atomic mass is 32.2. The number of rotatable bonds is 7. The summed E-state index contributed by atoms with van der Waals surface area (Å²) in [5.41, 5.74) is 5.09. The van der Waals surface area contributed by atoms with Gasteiger partial charge in [-0.25, -0.2) is 4.79 Å². The van der Waals surface area contributed by atoms with Crippen molar-refractivity contribution in [2.75, 3.05) is 18.1 Å². The van der Waals surface area contributed by atoms with Crippen molar-refractivity contribution in [2.24, 2.45) is 11.7 Å². The Hall–Kier alpha value is -1.77. The van der Waals surface area contributed by atoms with Crippen LogP contribution in [0.15, 0.2) is 0 Å². The third-order valence-corrected chi connectivity index (χ3v) is 3.73. The van der Waals surface area contributed by atoms with Crippen molar-refractivity contribution in [3.63, 3.8) is 0 Å². The van der Waals surface area contributed by atoms with Gasteiger partial charge in [0.1, 0.15) is 6.04 Å². The minimum Gasteiger partial charge on any atom is -0.481 e. The molecule has 0 radical (unpaired) electrons. The van der Waals surface area contributed by atoms with Crippen molar-refractivity contribution in [3.8, 4) is 0 Å². The molecule has 2 atom stereocenters. The van der Waals surface area contributed by atoms with Crippen molar-refractivity contribution in [1.82, 2.24) is 4.90 Å². The molecule has 1 heterocycles. The zero-order chi connectivity index (χ0) is 14.6. The predicted molar refractivity (Wildman–Crippen MR) is 65.4 cm³/mol. The summed E-state index contributed by atoms with van der Waals surface area (Å²) in [6, 6.07) is -1.14. The van der Waals surface area contributed by atoms with Crippen LogP contribution in [0.25, 0.3) is 0 Å². The Morgan fingerprint density at radius 3 is 2.47 bits per heavy atom. The van der Waals surface area contributed by atoms with Gasteiger partial charge >= 0.3 is 11.9 Å². The highest BCUT2D eigenvalue weighted by Gasteiger charge is 2.39. The third-order valence-electron chi connectivity index (χ3n) is 2.72. The van der Waals surface area contributed by atoms with Gasteiger partial charge in [-0.1, -0.05) is 0 Å². The number of hydrogen-bond acceptors (Lipinski definition) is 5. The van der Waals surface area contributed by atoms with Gasteiger partial charge in [0.25, 0.3) is 0 Å². The summed E-state index contributed by atoms with van der Waals surface area (Å²) >= 11 is 0.906. The number of carboxylic acids is 2. The normalized spacial score (nSPS) is 20.3. The number of thioether (sulfide) groups is 1.